The fraction of sp³-hybridized carbons (Fsp3) is 0.650. The zero-order valence-electron chi connectivity index (χ0n) is 14.6. The van der Waals surface area contributed by atoms with E-state index in [1.165, 1.54) is 56.9 Å². The van der Waals surface area contributed by atoms with Crippen LogP contribution in [0.4, 0.5) is 0 Å². The van der Waals surface area contributed by atoms with E-state index < -0.39 is 0 Å². The largest absolute Gasteiger partial charge is 0.356 e. The normalized spacial score (nSPS) is 10.7. The molecule has 0 bridgehead atoms. The predicted octanol–water partition coefficient (Wildman–Crippen LogP) is 5.92. The number of halogens is 1. The van der Waals surface area contributed by atoms with E-state index in [-0.39, 0.29) is 5.91 Å². The molecule has 3 heteroatoms. The number of carbonyl (C=O) groups is 1. The van der Waals surface area contributed by atoms with Crippen molar-refractivity contribution in [3.05, 3.63) is 34.9 Å². The van der Waals surface area contributed by atoms with Gasteiger partial charge in [-0.25, -0.2) is 0 Å². The van der Waals surface area contributed by atoms with Gasteiger partial charge in [-0.15, -0.1) is 0 Å². The third-order valence-corrected chi connectivity index (χ3v) is 4.37. The Morgan fingerprint density at radius 2 is 1.65 bits per heavy atom. The molecule has 1 rings (SSSR count). The van der Waals surface area contributed by atoms with Crippen molar-refractivity contribution < 1.29 is 4.79 Å². The van der Waals surface area contributed by atoms with Gasteiger partial charge in [0.2, 0.25) is 5.91 Å². The highest BCUT2D eigenvalue weighted by molar-refractivity contribution is 6.30. The molecule has 0 saturated carbocycles. The van der Waals surface area contributed by atoms with Crippen LogP contribution in [0.2, 0.25) is 5.02 Å². The first-order chi connectivity index (χ1) is 11.2. The molecule has 0 atom stereocenters. The second-order valence-electron chi connectivity index (χ2n) is 6.31. The summed E-state index contributed by atoms with van der Waals surface area (Å²) in [5.41, 5.74) is 1.17. The Balaban J connectivity index is 1.92. The standard InChI is InChI=1S/C20H32ClNO/c1-2-3-4-5-6-7-8-9-10-14-20(23)22-16-15-18-12-11-13-19(21)17-18/h11-13,17H,2-10,14-16H2,1H3,(H,22,23). The SMILES string of the molecule is CCCCCCCCCCCC(=O)NCCc1cccc(Cl)c1. The summed E-state index contributed by atoms with van der Waals surface area (Å²) in [6.07, 6.45) is 13.1. The number of rotatable bonds is 13. The summed E-state index contributed by atoms with van der Waals surface area (Å²) >= 11 is 5.94. The van der Waals surface area contributed by atoms with Gasteiger partial charge in [-0.05, 0) is 30.5 Å². The highest BCUT2D eigenvalue weighted by atomic mass is 35.5. The summed E-state index contributed by atoms with van der Waals surface area (Å²) in [6, 6.07) is 7.81. The van der Waals surface area contributed by atoms with E-state index in [4.69, 9.17) is 11.6 Å². The van der Waals surface area contributed by atoms with E-state index in [1.807, 2.05) is 24.3 Å². The van der Waals surface area contributed by atoms with Gasteiger partial charge >= 0.3 is 0 Å². The van der Waals surface area contributed by atoms with Crippen LogP contribution in [-0.2, 0) is 11.2 Å². The Morgan fingerprint density at radius 3 is 2.30 bits per heavy atom. The molecule has 0 radical (unpaired) electrons. The number of benzene rings is 1. The smallest absolute Gasteiger partial charge is 0.220 e. The molecular weight excluding hydrogens is 306 g/mol. The molecule has 130 valence electrons. The number of carbonyl (C=O) groups excluding carboxylic acids is 1. The summed E-state index contributed by atoms with van der Waals surface area (Å²) in [7, 11) is 0. The van der Waals surface area contributed by atoms with Crippen LogP contribution in [0.25, 0.3) is 0 Å². The van der Waals surface area contributed by atoms with Crippen molar-refractivity contribution in [3.8, 4) is 0 Å². The molecule has 1 aromatic carbocycles. The van der Waals surface area contributed by atoms with Crippen LogP contribution in [0.1, 0.15) is 76.7 Å². The van der Waals surface area contributed by atoms with Crippen molar-refractivity contribution in [1.29, 1.82) is 0 Å². The van der Waals surface area contributed by atoms with Gasteiger partial charge in [0.05, 0.1) is 0 Å². The first-order valence-electron chi connectivity index (χ1n) is 9.23. The van der Waals surface area contributed by atoms with Crippen molar-refractivity contribution in [3.63, 3.8) is 0 Å². The molecule has 1 aromatic rings. The Hall–Kier alpha value is -1.02. The molecular formula is C20H32ClNO. The van der Waals surface area contributed by atoms with Crippen LogP contribution < -0.4 is 5.32 Å². The quantitative estimate of drug-likeness (QED) is 0.445. The minimum atomic E-state index is 0.176. The zero-order chi connectivity index (χ0) is 16.8. The van der Waals surface area contributed by atoms with Crippen LogP contribution in [-0.4, -0.2) is 12.5 Å². The van der Waals surface area contributed by atoms with Gasteiger partial charge in [-0.1, -0.05) is 82.0 Å². The third kappa shape index (κ3) is 11.2. The maximum absolute atomic E-state index is 11.8. The molecule has 23 heavy (non-hydrogen) atoms. The lowest BCUT2D eigenvalue weighted by Gasteiger charge is -2.06. The van der Waals surface area contributed by atoms with E-state index in [9.17, 15) is 4.79 Å². The Kier molecular flexibility index (Phi) is 11.7. The molecule has 0 heterocycles. The highest BCUT2D eigenvalue weighted by Crippen LogP contribution is 2.11. The second-order valence-corrected chi connectivity index (χ2v) is 6.74. The Labute approximate surface area is 147 Å². The maximum atomic E-state index is 11.8. The first kappa shape index (κ1) is 20.0. The molecule has 0 unspecified atom stereocenters. The van der Waals surface area contributed by atoms with E-state index in [1.54, 1.807) is 0 Å². The average molecular weight is 338 g/mol. The van der Waals surface area contributed by atoms with Gasteiger partial charge in [0.1, 0.15) is 0 Å². The fourth-order valence-electron chi connectivity index (χ4n) is 2.72. The number of nitrogens with one attached hydrogen (secondary N) is 1. The lowest BCUT2D eigenvalue weighted by Crippen LogP contribution is -2.25. The molecule has 0 aliphatic carbocycles. The van der Waals surface area contributed by atoms with Crippen LogP contribution in [0.3, 0.4) is 0 Å². The maximum Gasteiger partial charge on any atom is 0.220 e. The van der Waals surface area contributed by atoms with Crippen molar-refractivity contribution in [2.45, 2.75) is 77.6 Å². The zero-order valence-corrected chi connectivity index (χ0v) is 15.3. The number of unbranched alkanes of at least 4 members (excludes halogenated alkanes) is 8. The molecule has 0 aliphatic rings. The molecule has 0 saturated heterocycles. The van der Waals surface area contributed by atoms with Gasteiger partial charge in [-0.3, -0.25) is 4.79 Å². The lowest BCUT2D eigenvalue weighted by atomic mass is 10.1. The van der Waals surface area contributed by atoms with Crippen molar-refractivity contribution in [1.82, 2.24) is 5.32 Å². The Morgan fingerprint density at radius 1 is 1.00 bits per heavy atom. The molecule has 0 aromatic heterocycles. The minimum Gasteiger partial charge on any atom is -0.356 e. The predicted molar refractivity (Wildman–Crippen MR) is 100 cm³/mol. The van der Waals surface area contributed by atoms with E-state index in [0.717, 1.165) is 17.9 Å². The molecule has 1 N–H and O–H groups in total. The van der Waals surface area contributed by atoms with Gasteiger partial charge in [0, 0.05) is 18.0 Å². The molecule has 2 nitrogen and oxygen atoms in total. The van der Waals surface area contributed by atoms with Gasteiger partial charge < -0.3 is 5.32 Å². The summed E-state index contributed by atoms with van der Waals surface area (Å²) in [4.78, 5) is 11.8. The second kappa shape index (κ2) is 13.4. The van der Waals surface area contributed by atoms with E-state index in [0.29, 0.717) is 13.0 Å². The fourth-order valence-corrected chi connectivity index (χ4v) is 2.94. The van der Waals surface area contributed by atoms with Gasteiger partial charge in [0.25, 0.3) is 0 Å². The molecule has 0 fully saturated rings. The highest BCUT2D eigenvalue weighted by Gasteiger charge is 2.01. The number of amides is 1. The van der Waals surface area contributed by atoms with Gasteiger partial charge in [-0.2, -0.15) is 0 Å². The van der Waals surface area contributed by atoms with E-state index in [2.05, 4.69) is 12.2 Å². The topological polar surface area (TPSA) is 29.1 Å². The van der Waals surface area contributed by atoms with Crippen LogP contribution >= 0.6 is 11.6 Å². The van der Waals surface area contributed by atoms with Crippen molar-refractivity contribution in [2.75, 3.05) is 6.54 Å². The monoisotopic (exact) mass is 337 g/mol. The summed E-state index contributed by atoms with van der Waals surface area (Å²) in [6.45, 7) is 2.94. The van der Waals surface area contributed by atoms with Crippen LogP contribution in [0, 0.1) is 0 Å². The minimum absolute atomic E-state index is 0.176. The number of hydrogen-bond donors (Lipinski definition) is 1. The lowest BCUT2D eigenvalue weighted by molar-refractivity contribution is -0.121. The van der Waals surface area contributed by atoms with E-state index >= 15 is 0 Å². The summed E-state index contributed by atoms with van der Waals surface area (Å²) < 4.78 is 0. The Bertz CT molecular complexity index is 433. The van der Waals surface area contributed by atoms with Crippen LogP contribution in [0.15, 0.2) is 24.3 Å². The van der Waals surface area contributed by atoms with Crippen LogP contribution in [0.5, 0.6) is 0 Å². The van der Waals surface area contributed by atoms with Gasteiger partial charge in [0.15, 0.2) is 0 Å². The van der Waals surface area contributed by atoms with Crippen molar-refractivity contribution >= 4 is 17.5 Å². The summed E-state index contributed by atoms with van der Waals surface area (Å²) in [5.74, 6) is 0.176. The summed E-state index contributed by atoms with van der Waals surface area (Å²) in [5, 5.41) is 3.75. The van der Waals surface area contributed by atoms with Crippen molar-refractivity contribution in [2.24, 2.45) is 0 Å². The molecule has 0 spiro atoms. The third-order valence-electron chi connectivity index (χ3n) is 4.13. The molecule has 0 aliphatic heterocycles. The first-order valence-corrected chi connectivity index (χ1v) is 9.61. The number of hydrogen-bond acceptors (Lipinski definition) is 1. The average Bonchev–Trinajstić information content (AvgIpc) is 2.53. The molecule has 1 amide bonds.